The van der Waals surface area contributed by atoms with Crippen LogP contribution in [0.25, 0.3) is 0 Å². The number of aliphatic hydroxyl groups is 1. The van der Waals surface area contributed by atoms with Gasteiger partial charge in [0, 0.05) is 29.8 Å². The number of nitro groups is 1. The number of aliphatic hydroxyl groups excluding tert-OH is 1. The number of hydrogen-bond donors (Lipinski definition) is 2. The molecule has 0 unspecified atom stereocenters. The van der Waals surface area contributed by atoms with Gasteiger partial charge in [0.1, 0.15) is 5.82 Å². The standard InChI is InChI=1S/C13H18F2N2O3/c1-3-13(4-2,8-18)16-7-9-5-12(17(19)20)11(15)6-10(9)14/h5-6,16,18H,3-4,7-8H2,1-2H3. The molecule has 0 aliphatic heterocycles. The molecule has 0 aliphatic carbocycles. The fourth-order valence-electron chi connectivity index (χ4n) is 1.92. The van der Waals surface area contributed by atoms with Gasteiger partial charge in [0.2, 0.25) is 5.82 Å². The maximum absolute atomic E-state index is 13.6. The quantitative estimate of drug-likeness (QED) is 0.597. The van der Waals surface area contributed by atoms with E-state index in [9.17, 15) is 24.0 Å². The molecule has 2 N–H and O–H groups in total. The van der Waals surface area contributed by atoms with Crippen molar-refractivity contribution in [1.29, 1.82) is 0 Å². The molecule has 0 bridgehead atoms. The predicted octanol–water partition coefficient (Wildman–Crippen LogP) is 2.51. The minimum Gasteiger partial charge on any atom is -0.394 e. The summed E-state index contributed by atoms with van der Waals surface area (Å²) in [7, 11) is 0. The summed E-state index contributed by atoms with van der Waals surface area (Å²) in [5, 5.41) is 23.0. The largest absolute Gasteiger partial charge is 0.394 e. The van der Waals surface area contributed by atoms with E-state index < -0.39 is 27.8 Å². The number of benzene rings is 1. The van der Waals surface area contributed by atoms with Crippen LogP contribution in [-0.2, 0) is 6.54 Å². The van der Waals surface area contributed by atoms with Gasteiger partial charge in [-0.25, -0.2) is 4.39 Å². The summed E-state index contributed by atoms with van der Waals surface area (Å²) in [6.07, 6.45) is 1.23. The van der Waals surface area contributed by atoms with E-state index in [-0.39, 0.29) is 18.7 Å². The summed E-state index contributed by atoms with van der Waals surface area (Å²) >= 11 is 0. The normalized spacial score (nSPS) is 11.7. The zero-order valence-electron chi connectivity index (χ0n) is 11.4. The van der Waals surface area contributed by atoms with Crippen molar-refractivity contribution in [2.45, 2.75) is 38.8 Å². The highest BCUT2D eigenvalue weighted by atomic mass is 19.1. The molecule has 0 spiro atoms. The van der Waals surface area contributed by atoms with Crippen LogP contribution in [0.2, 0.25) is 0 Å². The smallest absolute Gasteiger partial charge is 0.305 e. The predicted molar refractivity (Wildman–Crippen MR) is 70.3 cm³/mol. The number of hydrogen-bond acceptors (Lipinski definition) is 4. The average molecular weight is 288 g/mol. The Morgan fingerprint density at radius 2 is 1.90 bits per heavy atom. The maximum atomic E-state index is 13.6. The molecule has 1 aromatic rings. The van der Waals surface area contributed by atoms with Crippen LogP contribution in [0.1, 0.15) is 32.3 Å². The Labute approximate surface area is 115 Å². The number of halogens is 2. The highest BCUT2D eigenvalue weighted by Gasteiger charge is 2.25. The minimum absolute atomic E-state index is 0.00201. The van der Waals surface area contributed by atoms with Crippen LogP contribution >= 0.6 is 0 Å². The molecule has 0 aromatic heterocycles. The Morgan fingerprint density at radius 1 is 1.30 bits per heavy atom. The second-order valence-corrected chi connectivity index (χ2v) is 4.65. The van der Waals surface area contributed by atoms with E-state index in [1.807, 2.05) is 13.8 Å². The lowest BCUT2D eigenvalue weighted by Gasteiger charge is -2.31. The summed E-state index contributed by atoms with van der Waals surface area (Å²) in [6.45, 7) is 3.59. The van der Waals surface area contributed by atoms with E-state index >= 15 is 0 Å². The van der Waals surface area contributed by atoms with Crippen LogP contribution in [0.4, 0.5) is 14.5 Å². The lowest BCUT2D eigenvalue weighted by Crippen LogP contribution is -2.47. The molecule has 0 aliphatic rings. The molecule has 1 aromatic carbocycles. The molecular formula is C13H18F2N2O3. The van der Waals surface area contributed by atoms with Crippen molar-refractivity contribution in [1.82, 2.24) is 5.32 Å². The van der Waals surface area contributed by atoms with Crippen molar-refractivity contribution in [3.63, 3.8) is 0 Å². The zero-order valence-corrected chi connectivity index (χ0v) is 11.4. The molecule has 0 amide bonds. The van der Waals surface area contributed by atoms with E-state index in [2.05, 4.69) is 5.32 Å². The number of nitrogens with zero attached hydrogens (tertiary/aromatic N) is 1. The molecule has 20 heavy (non-hydrogen) atoms. The van der Waals surface area contributed by atoms with Gasteiger partial charge in [-0.3, -0.25) is 10.1 Å². The van der Waals surface area contributed by atoms with E-state index in [0.29, 0.717) is 18.9 Å². The molecule has 112 valence electrons. The Hall–Kier alpha value is -1.60. The summed E-state index contributed by atoms with van der Waals surface area (Å²) < 4.78 is 26.8. The van der Waals surface area contributed by atoms with Crippen molar-refractivity contribution >= 4 is 5.69 Å². The lowest BCUT2D eigenvalue weighted by molar-refractivity contribution is -0.387. The van der Waals surface area contributed by atoms with Gasteiger partial charge in [-0.15, -0.1) is 0 Å². The third-order valence-electron chi connectivity index (χ3n) is 3.62. The third-order valence-corrected chi connectivity index (χ3v) is 3.62. The first-order valence-corrected chi connectivity index (χ1v) is 6.37. The SMILES string of the molecule is CCC(CC)(CO)NCc1cc([N+](=O)[O-])c(F)cc1F. The average Bonchev–Trinajstić information content (AvgIpc) is 2.42. The van der Waals surface area contributed by atoms with Crippen molar-refractivity contribution in [2.75, 3.05) is 6.61 Å². The zero-order chi connectivity index (χ0) is 15.3. The van der Waals surface area contributed by atoms with Crippen LogP contribution in [0, 0.1) is 21.7 Å². The molecule has 1 rings (SSSR count). The molecule has 0 saturated heterocycles. The summed E-state index contributed by atoms with van der Waals surface area (Å²) in [5.74, 6) is -2.05. The highest BCUT2D eigenvalue weighted by molar-refractivity contribution is 5.37. The first kappa shape index (κ1) is 16.5. The Bertz CT molecular complexity index is 482. The van der Waals surface area contributed by atoms with Crippen LogP contribution in [0.3, 0.4) is 0 Å². The summed E-state index contributed by atoms with van der Waals surface area (Å²) in [4.78, 5) is 9.75. The van der Waals surface area contributed by atoms with E-state index in [0.717, 1.165) is 6.07 Å². The molecule has 5 nitrogen and oxygen atoms in total. The minimum atomic E-state index is -1.20. The van der Waals surface area contributed by atoms with Crippen molar-refractivity contribution in [3.8, 4) is 0 Å². The van der Waals surface area contributed by atoms with Crippen molar-refractivity contribution in [2.24, 2.45) is 0 Å². The molecule has 0 heterocycles. The molecular weight excluding hydrogens is 270 g/mol. The lowest BCUT2D eigenvalue weighted by atomic mass is 9.93. The Balaban J connectivity index is 2.98. The van der Waals surface area contributed by atoms with Crippen LogP contribution in [0.15, 0.2) is 12.1 Å². The van der Waals surface area contributed by atoms with Gasteiger partial charge >= 0.3 is 5.69 Å². The molecule has 0 fully saturated rings. The first-order chi connectivity index (χ1) is 9.39. The van der Waals surface area contributed by atoms with Gasteiger partial charge in [0.05, 0.1) is 11.5 Å². The van der Waals surface area contributed by atoms with Crippen molar-refractivity contribution < 1.29 is 18.8 Å². The van der Waals surface area contributed by atoms with Gasteiger partial charge in [-0.2, -0.15) is 4.39 Å². The Morgan fingerprint density at radius 3 is 2.35 bits per heavy atom. The Kier molecular flexibility index (Phi) is 5.52. The van der Waals surface area contributed by atoms with Gasteiger partial charge in [0.25, 0.3) is 0 Å². The second kappa shape index (κ2) is 6.71. The molecule has 0 saturated carbocycles. The second-order valence-electron chi connectivity index (χ2n) is 4.65. The molecule has 0 radical (unpaired) electrons. The van der Waals surface area contributed by atoms with E-state index in [1.54, 1.807) is 0 Å². The van der Waals surface area contributed by atoms with Crippen LogP contribution in [-0.4, -0.2) is 22.2 Å². The number of nitro benzene ring substituents is 1. The fraction of sp³-hybridized carbons (Fsp3) is 0.538. The van der Waals surface area contributed by atoms with Gasteiger partial charge in [-0.1, -0.05) is 13.8 Å². The molecule has 0 atom stereocenters. The van der Waals surface area contributed by atoms with Crippen molar-refractivity contribution in [3.05, 3.63) is 39.4 Å². The summed E-state index contributed by atoms with van der Waals surface area (Å²) in [5.41, 5.74) is -1.33. The van der Waals surface area contributed by atoms with Gasteiger partial charge in [0.15, 0.2) is 0 Å². The topological polar surface area (TPSA) is 75.4 Å². The van der Waals surface area contributed by atoms with E-state index in [4.69, 9.17) is 0 Å². The van der Waals surface area contributed by atoms with Gasteiger partial charge in [-0.05, 0) is 12.8 Å². The highest BCUT2D eigenvalue weighted by Crippen LogP contribution is 2.23. The molecule has 7 heteroatoms. The fourth-order valence-corrected chi connectivity index (χ4v) is 1.92. The van der Waals surface area contributed by atoms with Gasteiger partial charge < -0.3 is 10.4 Å². The number of rotatable bonds is 7. The van der Waals surface area contributed by atoms with Crippen LogP contribution in [0.5, 0.6) is 0 Å². The van der Waals surface area contributed by atoms with Crippen LogP contribution < -0.4 is 5.32 Å². The maximum Gasteiger partial charge on any atom is 0.305 e. The third kappa shape index (κ3) is 3.49. The van der Waals surface area contributed by atoms with E-state index in [1.165, 1.54) is 0 Å². The number of nitrogens with one attached hydrogen (secondary N) is 1. The monoisotopic (exact) mass is 288 g/mol. The summed E-state index contributed by atoms with van der Waals surface area (Å²) in [6, 6.07) is 1.39. The first-order valence-electron chi connectivity index (χ1n) is 6.37.